The van der Waals surface area contributed by atoms with Crippen LogP contribution in [0.15, 0.2) is 0 Å². The number of amides is 1. The lowest BCUT2D eigenvalue weighted by atomic mass is 9.67. The number of rotatable bonds is 6. The highest BCUT2D eigenvalue weighted by atomic mass is 16.5. The molecule has 4 nitrogen and oxygen atoms in total. The van der Waals surface area contributed by atoms with Gasteiger partial charge in [0.25, 0.3) is 0 Å². The summed E-state index contributed by atoms with van der Waals surface area (Å²) in [5, 5.41) is 0. The largest absolute Gasteiger partial charge is 0.383 e. The Labute approximate surface area is 98.1 Å². The molecule has 0 aromatic heterocycles. The Bertz CT molecular complexity index is 232. The van der Waals surface area contributed by atoms with Crippen molar-refractivity contribution >= 4 is 5.91 Å². The highest BCUT2D eigenvalue weighted by Crippen LogP contribution is 2.41. The molecule has 1 rings (SSSR count). The highest BCUT2D eigenvalue weighted by Gasteiger charge is 2.45. The first-order valence-corrected chi connectivity index (χ1v) is 6.07. The van der Waals surface area contributed by atoms with Gasteiger partial charge in [0.05, 0.1) is 12.0 Å². The Hall–Kier alpha value is -0.610. The molecule has 0 unspecified atom stereocenters. The molecular weight excluding hydrogens is 204 g/mol. The number of methoxy groups -OCH3 is 1. The van der Waals surface area contributed by atoms with Gasteiger partial charge in [0.15, 0.2) is 0 Å². The van der Waals surface area contributed by atoms with Crippen molar-refractivity contribution in [2.24, 2.45) is 11.1 Å². The molecule has 0 heterocycles. The van der Waals surface area contributed by atoms with Crippen LogP contribution >= 0.6 is 0 Å². The zero-order valence-electron chi connectivity index (χ0n) is 10.7. The Kier molecular flexibility index (Phi) is 4.74. The van der Waals surface area contributed by atoms with Crippen LogP contribution in [-0.4, -0.2) is 43.7 Å². The second kappa shape index (κ2) is 5.64. The molecule has 1 saturated carbocycles. The van der Waals surface area contributed by atoms with Crippen LogP contribution in [0.1, 0.15) is 33.1 Å². The smallest absolute Gasteiger partial charge is 0.230 e. The Morgan fingerprint density at radius 2 is 2.12 bits per heavy atom. The first kappa shape index (κ1) is 13.5. The van der Waals surface area contributed by atoms with Gasteiger partial charge in [-0.3, -0.25) is 4.79 Å². The summed E-state index contributed by atoms with van der Waals surface area (Å²) in [4.78, 5) is 14.3. The SMILES string of the molecule is COCCN(C(=O)C1(CN)CCC1)C(C)C. The van der Waals surface area contributed by atoms with Gasteiger partial charge < -0.3 is 15.4 Å². The summed E-state index contributed by atoms with van der Waals surface area (Å²) < 4.78 is 5.05. The van der Waals surface area contributed by atoms with Crippen molar-refractivity contribution in [3.63, 3.8) is 0 Å². The normalized spacial score (nSPS) is 18.3. The van der Waals surface area contributed by atoms with Crippen molar-refractivity contribution in [1.29, 1.82) is 0 Å². The summed E-state index contributed by atoms with van der Waals surface area (Å²) in [6.45, 7) is 5.80. The first-order chi connectivity index (χ1) is 7.57. The van der Waals surface area contributed by atoms with E-state index in [-0.39, 0.29) is 17.4 Å². The zero-order chi connectivity index (χ0) is 12.2. The van der Waals surface area contributed by atoms with E-state index in [4.69, 9.17) is 10.5 Å². The lowest BCUT2D eigenvalue weighted by Gasteiger charge is -2.44. The second-order valence-electron chi connectivity index (χ2n) is 4.92. The number of hydrogen-bond donors (Lipinski definition) is 1. The van der Waals surface area contributed by atoms with Crippen LogP contribution in [0.3, 0.4) is 0 Å². The predicted octanol–water partition coefficient (Wildman–Crippen LogP) is 0.999. The van der Waals surface area contributed by atoms with Crippen molar-refractivity contribution < 1.29 is 9.53 Å². The summed E-state index contributed by atoms with van der Waals surface area (Å²) in [6.07, 6.45) is 3.01. The van der Waals surface area contributed by atoms with Crippen molar-refractivity contribution in [3.05, 3.63) is 0 Å². The molecule has 0 aromatic carbocycles. The van der Waals surface area contributed by atoms with E-state index in [1.807, 2.05) is 18.7 Å². The van der Waals surface area contributed by atoms with Gasteiger partial charge in [-0.15, -0.1) is 0 Å². The van der Waals surface area contributed by atoms with E-state index < -0.39 is 0 Å². The van der Waals surface area contributed by atoms with E-state index in [9.17, 15) is 4.79 Å². The summed E-state index contributed by atoms with van der Waals surface area (Å²) in [5.41, 5.74) is 5.49. The van der Waals surface area contributed by atoms with Crippen molar-refractivity contribution in [2.75, 3.05) is 26.8 Å². The van der Waals surface area contributed by atoms with Gasteiger partial charge in [-0.1, -0.05) is 6.42 Å². The van der Waals surface area contributed by atoms with Gasteiger partial charge in [-0.2, -0.15) is 0 Å². The van der Waals surface area contributed by atoms with E-state index in [2.05, 4.69) is 0 Å². The maximum Gasteiger partial charge on any atom is 0.230 e. The van der Waals surface area contributed by atoms with E-state index >= 15 is 0 Å². The van der Waals surface area contributed by atoms with Crippen LogP contribution in [0.25, 0.3) is 0 Å². The van der Waals surface area contributed by atoms with E-state index in [0.29, 0.717) is 19.7 Å². The van der Waals surface area contributed by atoms with Crippen LogP contribution in [0, 0.1) is 5.41 Å². The number of nitrogens with zero attached hydrogens (tertiary/aromatic N) is 1. The molecule has 0 aliphatic heterocycles. The second-order valence-corrected chi connectivity index (χ2v) is 4.92. The van der Waals surface area contributed by atoms with E-state index in [1.165, 1.54) is 0 Å². The third-order valence-electron chi connectivity index (χ3n) is 3.58. The first-order valence-electron chi connectivity index (χ1n) is 6.07. The molecule has 1 aliphatic carbocycles. The summed E-state index contributed by atoms with van der Waals surface area (Å²) in [5.74, 6) is 0.216. The highest BCUT2D eigenvalue weighted by molar-refractivity contribution is 5.84. The molecule has 4 heteroatoms. The number of ether oxygens (including phenoxy) is 1. The number of carbonyl (C=O) groups excluding carboxylic acids is 1. The topological polar surface area (TPSA) is 55.6 Å². The summed E-state index contributed by atoms with van der Waals surface area (Å²) in [7, 11) is 1.66. The van der Waals surface area contributed by atoms with Crippen LogP contribution in [0.2, 0.25) is 0 Å². The molecule has 0 radical (unpaired) electrons. The standard InChI is InChI=1S/C12H24N2O2/c1-10(2)14(7-8-16-3)11(15)12(9-13)5-4-6-12/h10H,4-9,13H2,1-3H3. The summed E-state index contributed by atoms with van der Waals surface area (Å²) >= 11 is 0. The molecule has 1 aliphatic rings. The molecule has 1 amide bonds. The molecule has 94 valence electrons. The molecule has 16 heavy (non-hydrogen) atoms. The molecule has 2 N–H and O–H groups in total. The van der Waals surface area contributed by atoms with Crippen molar-refractivity contribution in [3.8, 4) is 0 Å². The Morgan fingerprint density at radius 1 is 1.50 bits per heavy atom. The maximum atomic E-state index is 12.4. The predicted molar refractivity (Wildman–Crippen MR) is 64.1 cm³/mol. The number of carbonyl (C=O) groups is 1. The fraction of sp³-hybridized carbons (Fsp3) is 0.917. The third kappa shape index (κ3) is 2.55. The van der Waals surface area contributed by atoms with Gasteiger partial charge in [-0.25, -0.2) is 0 Å². The lowest BCUT2D eigenvalue weighted by Crippen LogP contribution is -2.54. The van der Waals surface area contributed by atoms with Crippen LogP contribution < -0.4 is 5.73 Å². The fourth-order valence-corrected chi connectivity index (χ4v) is 2.20. The lowest BCUT2D eigenvalue weighted by molar-refractivity contribution is -0.149. The molecule has 0 aromatic rings. The average molecular weight is 228 g/mol. The van der Waals surface area contributed by atoms with Gasteiger partial charge in [0, 0.05) is 26.2 Å². The van der Waals surface area contributed by atoms with Gasteiger partial charge >= 0.3 is 0 Å². The molecule has 0 saturated heterocycles. The fourth-order valence-electron chi connectivity index (χ4n) is 2.20. The Balaban J connectivity index is 2.66. The number of nitrogens with two attached hydrogens (primary N) is 1. The van der Waals surface area contributed by atoms with Crippen LogP contribution in [0.5, 0.6) is 0 Å². The Morgan fingerprint density at radius 3 is 2.44 bits per heavy atom. The molecule has 1 fully saturated rings. The zero-order valence-corrected chi connectivity index (χ0v) is 10.7. The van der Waals surface area contributed by atoms with Gasteiger partial charge in [-0.05, 0) is 26.7 Å². The monoisotopic (exact) mass is 228 g/mol. The van der Waals surface area contributed by atoms with Crippen molar-refractivity contribution in [2.45, 2.75) is 39.2 Å². The molecular formula is C12H24N2O2. The van der Waals surface area contributed by atoms with Crippen molar-refractivity contribution in [1.82, 2.24) is 4.90 Å². The minimum atomic E-state index is -0.266. The molecule has 0 atom stereocenters. The maximum absolute atomic E-state index is 12.4. The summed E-state index contributed by atoms with van der Waals surface area (Å²) in [6, 6.07) is 0.215. The van der Waals surface area contributed by atoms with E-state index in [1.54, 1.807) is 7.11 Å². The number of hydrogen-bond acceptors (Lipinski definition) is 3. The van der Waals surface area contributed by atoms with Crippen LogP contribution in [0.4, 0.5) is 0 Å². The van der Waals surface area contributed by atoms with Crippen LogP contribution in [-0.2, 0) is 9.53 Å². The molecule has 0 spiro atoms. The van der Waals surface area contributed by atoms with Gasteiger partial charge in [0.1, 0.15) is 0 Å². The third-order valence-corrected chi connectivity index (χ3v) is 3.58. The quantitative estimate of drug-likeness (QED) is 0.738. The minimum Gasteiger partial charge on any atom is -0.383 e. The van der Waals surface area contributed by atoms with Gasteiger partial charge in [0.2, 0.25) is 5.91 Å². The van der Waals surface area contributed by atoms with E-state index in [0.717, 1.165) is 19.3 Å². The minimum absolute atomic E-state index is 0.215. The average Bonchev–Trinajstić information content (AvgIpc) is 2.17. The molecule has 0 bridgehead atoms.